The number of carbonyl (C=O) groups is 1. The molecule has 1 fully saturated rings. The summed E-state index contributed by atoms with van der Waals surface area (Å²) in [5, 5.41) is 11.8. The second-order valence-electron chi connectivity index (χ2n) is 4.75. The number of hydrogen-bond acceptors (Lipinski definition) is 4. The maximum Gasteiger partial charge on any atom is 0.232 e. The van der Waals surface area contributed by atoms with Crippen LogP contribution >= 0.6 is 23.1 Å². The average molecular weight is 285 g/mol. The lowest BCUT2D eigenvalue weighted by atomic mass is 9.96. The van der Waals surface area contributed by atoms with Crippen molar-refractivity contribution in [2.45, 2.75) is 25.2 Å². The third-order valence-corrected chi connectivity index (χ3v) is 5.35. The van der Waals surface area contributed by atoms with E-state index < -0.39 is 0 Å². The summed E-state index contributed by atoms with van der Waals surface area (Å²) in [5.41, 5.74) is 0. The van der Waals surface area contributed by atoms with Gasteiger partial charge in [0, 0.05) is 23.7 Å². The SMILES string of the molecule is CC1CCN(C(=O)CSCc2cccs2)CC1O. The first kappa shape index (κ1) is 13.9. The van der Waals surface area contributed by atoms with Crippen molar-refractivity contribution in [2.75, 3.05) is 18.8 Å². The zero-order chi connectivity index (χ0) is 13.0. The van der Waals surface area contributed by atoms with Crippen molar-refractivity contribution in [2.24, 2.45) is 5.92 Å². The lowest BCUT2D eigenvalue weighted by molar-refractivity contribution is -0.132. The number of piperidine rings is 1. The zero-order valence-corrected chi connectivity index (χ0v) is 12.2. The Morgan fingerprint density at radius 3 is 3.17 bits per heavy atom. The molecule has 1 amide bonds. The molecule has 5 heteroatoms. The number of hydrogen-bond donors (Lipinski definition) is 1. The van der Waals surface area contributed by atoms with Crippen LogP contribution in [0, 0.1) is 5.92 Å². The van der Waals surface area contributed by atoms with Crippen LogP contribution in [-0.4, -0.2) is 40.9 Å². The molecule has 1 aromatic heterocycles. The Labute approximate surface area is 116 Å². The molecule has 1 aliphatic heterocycles. The Kier molecular flexibility index (Phi) is 5.09. The first-order valence-electron chi connectivity index (χ1n) is 6.23. The maximum absolute atomic E-state index is 12.0. The van der Waals surface area contributed by atoms with E-state index in [4.69, 9.17) is 0 Å². The lowest BCUT2D eigenvalue weighted by Crippen LogP contribution is -2.46. The number of thioether (sulfide) groups is 1. The van der Waals surface area contributed by atoms with Crippen LogP contribution in [0.15, 0.2) is 17.5 Å². The van der Waals surface area contributed by atoms with Crippen LogP contribution in [0.5, 0.6) is 0 Å². The number of rotatable bonds is 4. The van der Waals surface area contributed by atoms with Gasteiger partial charge in [0.25, 0.3) is 0 Å². The van der Waals surface area contributed by atoms with Crippen molar-refractivity contribution in [3.8, 4) is 0 Å². The van der Waals surface area contributed by atoms with Gasteiger partial charge in [0.1, 0.15) is 0 Å². The van der Waals surface area contributed by atoms with E-state index in [1.165, 1.54) is 4.88 Å². The minimum absolute atomic E-state index is 0.155. The van der Waals surface area contributed by atoms with Gasteiger partial charge in [-0.2, -0.15) is 0 Å². The number of carbonyl (C=O) groups excluding carboxylic acids is 1. The van der Waals surface area contributed by atoms with Gasteiger partial charge in [0.05, 0.1) is 11.9 Å². The van der Waals surface area contributed by atoms with Crippen molar-refractivity contribution >= 4 is 29.0 Å². The van der Waals surface area contributed by atoms with E-state index in [2.05, 4.69) is 11.4 Å². The van der Waals surface area contributed by atoms with Gasteiger partial charge in [-0.15, -0.1) is 23.1 Å². The molecule has 0 saturated carbocycles. The average Bonchev–Trinajstić information content (AvgIpc) is 2.85. The zero-order valence-electron chi connectivity index (χ0n) is 10.5. The minimum atomic E-state index is -0.356. The van der Waals surface area contributed by atoms with E-state index in [-0.39, 0.29) is 12.0 Å². The predicted molar refractivity (Wildman–Crippen MR) is 76.8 cm³/mol. The number of aliphatic hydroxyl groups is 1. The number of β-amino-alcohol motifs (C(OH)–C–C–N with tert-alkyl or cyclic N) is 1. The van der Waals surface area contributed by atoms with Crippen LogP contribution in [0.3, 0.4) is 0 Å². The standard InChI is InChI=1S/C13H19NO2S2/c1-10-4-5-14(7-12(10)15)13(16)9-17-8-11-3-2-6-18-11/h2-3,6,10,12,15H,4-5,7-9H2,1H3. The van der Waals surface area contributed by atoms with Crippen molar-refractivity contribution in [3.05, 3.63) is 22.4 Å². The van der Waals surface area contributed by atoms with E-state index in [0.29, 0.717) is 18.2 Å². The van der Waals surface area contributed by atoms with Gasteiger partial charge in [-0.3, -0.25) is 4.79 Å². The van der Waals surface area contributed by atoms with E-state index >= 15 is 0 Å². The van der Waals surface area contributed by atoms with Crippen LogP contribution in [0.2, 0.25) is 0 Å². The summed E-state index contributed by atoms with van der Waals surface area (Å²) in [7, 11) is 0. The van der Waals surface area contributed by atoms with Crippen LogP contribution in [0.25, 0.3) is 0 Å². The number of nitrogens with zero attached hydrogens (tertiary/aromatic N) is 1. The Balaban J connectivity index is 1.71. The molecule has 0 spiro atoms. The summed E-state index contributed by atoms with van der Waals surface area (Å²) in [6.45, 7) is 3.33. The van der Waals surface area contributed by atoms with Crippen molar-refractivity contribution < 1.29 is 9.90 Å². The highest BCUT2D eigenvalue weighted by Crippen LogP contribution is 2.20. The Bertz CT molecular complexity index is 380. The van der Waals surface area contributed by atoms with E-state index in [9.17, 15) is 9.90 Å². The molecule has 1 N–H and O–H groups in total. The molecule has 100 valence electrons. The number of thiophene rings is 1. The van der Waals surface area contributed by atoms with Gasteiger partial charge in [-0.25, -0.2) is 0 Å². The van der Waals surface area contributed by atoms with Crippen LogP contribution in [0.4, 0.5) is 0 Å². The molecule has 18 heavy (non-hydrogen) atoms. The van der Waals surface area contributed by atoms with Gasteiger partial charge in [0.15, 0.2) is 0 Å². The molecule has 0 radical (unpaired) electrons. The quantitative estimate of drug-likeness (QED) is 0.922. The van der Waals surface area contributed by atoms with Crippen molar-refractivity contribution in [3.63, 3.8) is 0 Å². The predicted octanol–water partition coefficient (Wildman–Crippen LogP) is 2.21. The molecule has 2 rings (SSSR count). The summed E-state index contributed by atoms with van der Waals surface area (Å²) < 4.78 is 0. The molecule has 2 unspecified atom stereocenters. The fourth-order valence-corrected chi connectivity index (χ4v) is 3.77. The molecule has 2 atom stereocenters. The van der Waals surface area contributed by atoms with E-state index in [0.717, 1.165) is 18.7 Å². The molecule has 1 aromatic rings. The van der Waals surface area contributed by atoms with Gasteiger partial charge in [-0.1, -0.05) is 13.0 Å². The minimum Gasteiger partial charge on any atom is -0.391 e. The third-order valence-electron chi connectivity index (χ3n) is 3.32. The first-order valence-corrected chi connectivity index (χ1v) is 8.26. The summed E-state index contributed by atoms with van der Waals surface area (Å²) in [6.07, 6.45) is 0.549. The fraction of sp³-hybridized carbons (Fsp3) is 0.615. The van der Waals surface area contributed by atoms with Crippen LogP contribution < -0.4 is 0 Å². The largest absolute Gasteiger partial charge is 0.391 e. The van der Waals surface area contributed by atoms with Gasteiger partial charge in [0.2, 0.25) is 5.91 Å². The van der Waals surface area contributed by atoms with Gasteiger partial charge < -0.3 is 10.0 Å². The molecule has 1 aliphatic rings. The Morgan fingerprint density at radius 2 is 2.50 bits per heavy atom. The van der Waals surface area contributed by atoms with Crippen LogP contribution in [0.1, 0.15) is 18.2 Å². The first-order chi connectivity index (χ1) is 8.66. The summed E-state index contributed by atoms with van der Waals surface area (Å²) >= 11 is 3.38. The second kappa shape index (κ2) is 6.59. The third kappa shape index (κ3) is 3.73. The Hall–Kier alpha value is -0.520. The topological polar surface area (TPSA) is 40.5 Å². The van der Waals surface area contributed by atoms with Gasteiger partial charge in [-0.05, 0) is 23.8 Å². The summed E-state index contributed by atoms with van der Waals surface area (Å²) in [4.78, 5) is 15.1. The number of amides is 1. The molecule has 1 saturated heterocycles. The van der Waals surface area contributed by atoms with Gasteiger partial charge >= 0.3 is 0 Å². The molecule has 2 heterocycles. The highest BCUT2D eigenvalue weighted by atomic mass is 32.2. The van der Waals surface area contributed by atoms with E-state index in [1.54, 1.807) is 28.0 Å². The molecule has 0 aromatic carbocycles. The molecule has 0 bridgehead atoms. The molecular weight excluding hydrogens is 266 g/mol. The lowest BCUT2D eigenvalue weighted by Gasteiger charge is -2.34. The molecule has 3 nitrogen and oxygen atoms in total. The van der Waals surface area contributed by atoms with E-state index in [1.807, 2.05) is 13.0 Å². The van der Waals surface area contributed by atoms with Crippen molar-refractivity contribution in [1.29, 1.82) is 0 Å². The fourth-order valence-electron chi connectivity index (χ4n) is 2.00. The highest BCUT2D eigenvalue weighted by molar-refractivity contribution is 7.99. The second-order valence-corrected chi connectivity index (χ2v) is 6.76. The normalized spacial score (nSPS) is 24.2. The number of aliphatic hydroxyl groups excluding tert-OH is 1. The molecular formula is C13H19NO2S2. The Morgan fingerprint density at radius 1 is 1.67 bits per heavy atom. The maximum atomic E-state index is 12.0. The highest BCUT2D eigenvalue weighted by Gasteiger charge is 2.26. The monoisotopic (exact) mass is 285 g/mol. The smallest absolute Gasteiger partial charge is 0.232 e. The van der Waals surface area contributed by atoms with Crippen molar-refractivity contribution in [1.82, 2.24) is 4.90 Å². The summed E-state index contributed by atoms with van der Waals surface area (Å²) in [5.74, 6) is 1.88. The summed E-state index contributed by atoms with van der Waals surface area (Å²) in [6, 6.07) is 4.12. The van der Waals surface area contributed by atoms with Crippen LogP contribution in [-0.2, 0) is 10.5 Å². The molecule has 0 aliphatic carbocycles. The number of likely N-dealkylation sites (tertiary alicyclic amines) is 1.